The summed E-state index contributed by atoms with van der Waals surface area (Å²) in [5, 5.41) is 0. The van der Waals surface area contributed by atoms with Crippen LogP contribution in [-0.4, -0.2) is 73.2 Å². The predicted octanol–water partition coefficient (Wildman–Crippen LogP) is 1.42. The molecule has 2 aliphatic heterocycles. The molecule has 0 aliphatic carbocycles. The van der Waals surface area contributed by atoms with Crippen LogP contribution < -0.4 is 4.74 Å². The van der Waals surface area contributed by atoms with Crippen LogP contribution in [0.1, 0.15) is 29.6 Å². The SMILES string of the molecule is COc1ncccc1C(=O)N1CCCN(C[C@@H]2CCCO2)CC1. The minimum Gasteiger partial charge on any atom is -0.480 e. The molecule has 6 heteroatoms. The van der Waals surface area contributed by atoms with Gasteiger partial charge in [-0.3, -0.25) is 9.69 Å². The van der Waals surface area contributed by atoms with Gasteiger partial charge in [0.05, 0.1) is 13.2 Å². The lowest BCUT2D eigenvalue weighted by Crippen LogP contribution is -2.37. The molecular weight excluding hydrogens is 294 g/mol. The molecule has 0 aromatic carbocycles. The van der Waals surface area contributed by atoms with Crippen LogP contribution in [0.15, 0.2) is 18.3 Å². The Kier molecular flexibility index (Phi) is 5.46. The average molecular weight is 319 g/mol. The molecule has 0 N–H and O–H groups in total. The van der Waals surface area contributed by atoms with Gasteiger partial charge in [0.15, 0.2) is 0 Å². The molecule has 2 aliphatic rings. The van der Waals surface area contributed by atoms with Crippen LogP contribution in [0.2, 0.25) is 0 Å². The van der Waals surface area contributed by atoms with Crippen LogP contribution in [-0.2, 0) is 4.74 Å². The summed E-state index contributed by atoms with van der Waals surface area (Å²) < 4.78 is 10.9. The van der Waals surface area contributed by atoms with E-state index in [-0.39, 0.29) is 5.91 Å². The molecule has 0 bridgehead atoms. The molecule has 2 fully saturated rings. The predicted molar refractivity (Wildman–Crippen MR) is 86.7 cm³/mol. The molecule has 1 atom stereocenters. The molecule has 126 valence electrons. The van der Waals surface area contributed by atoms with Crippen molar-refractivity contribution < 1.29 is 14.3 Å². The van der Waals surface area contributed by atoms with E-state index in [0.29, 0.717) is 17.5 Å². The van der Waals surface area contributed by atoms with Gasteiger partial charge in [-0.15, -0.1) is 0 Å². The summed E-state index contributed by atoms with van der Waals surface area (Å²) in [6.45, 7) is 5.31. The summed E-state index contributed by atoms with van der Waals surface area (Å²) in [5.41, 5.74) is 0.544. The number of amides is 1. The highest BCUT2D eigenvalue weighted by atomic mass is 16.5. The molecule has 1 aromatic rings. The molecule has 3 rings (SSSR count). The summed E-state index contributed by atoms with van der Waals surface area (Å²) in [7, 11) is 1.55. The van der Waals surface area contributed by atoms with Crippen LogP contribution in [0.4, 0.5) is 0 Å². The number of carbonyl (C=O) groups is 1. The van der Waals surface area contributed by atoms with Crippen molar-refractivity contribution >= 4 is 5.91 Å². The molecule has 0 spiro atoms. The van der Waals surface area contributed by atoms with E-state index >= 15 is 0 Å². The van der Waals surface area contributed by atoms with Gasteiger partial charge in [-0.25, -0.2) is 4.98 Å². The first-order chi connectivity index (χ1) is 11.3. The largest absolute Gasteiger partial charge is 0.480 e. The molecule has 0 saturated carbocycles. The lowest BCUT2D eigenvalue weighted by Gasteiger charge is -2.24. The van der Waals surface area contributed by atoms with Crippen molar-refractivity contribution in [1.29, 1.82) is 0 Å². The van der Waals surface area contributed by atoms with Crippen LogP contribution in [0.5, 0.6) is 5.88 Å². The van der Waals surface area contributed by atoms with E-state index < -0.39 is 0 Å². The Morgan fingerprint density at radius 2 is 2.26 bits per heavy atom. The lowest BCUT2D eigenvalue weighted by molar-refractivity contribution is 0.0702. The second-order valence-corrected chi connectivity index (χ2v) is 6.14. The summed E-state index contributed by atoms with van der Waals surface area (Å²) in [6, 6.07) is 3.56. The first-order valence-electron chi connectivity index (χ1n) is 8.40. The quantitative estimate of drug-likeness (QED) is 0.840. The van der Waals surface area contributed by atoms with Crippen molar-refractivity contribution in [1.82, 2.24) is 14.8 Å². The molecule has 3 heterocycles. The van der Waals surface area contributed by atoms with Gasteiger partial charge in [0.25, 0.3) is 5.91 Å². The Morgan fingerprint density at radius 3 is 3.04 bits per heavy atom. The Labute approximate surface area is 137 Å². The number of aromatic nitrogens is 1. The number of rotatable bonds is 4. The van der Waals surface area contributed by atoms with Crippen molar-refractivity contribution in [3.05, 3.63) is 23.9 Å². The number of hydrogen-bond acceptors (Lipinski definition) is 5. The van der Waals surface area contributed by atoms with Gasteiger partial charge in [0, 0.05) is 39.0 Å². The number of carbonyl (C=O) groups excluding carboxylic acids is 1. The third-order valence-corrected chi connectivity index (χ3v) is 4.56. The number of ether oxygens (including phenoxy) is 2. The fraction of sp³-hybridized carbons (Fsp3) is 0.647. The standard InChI is InChI=1S/C17H25N3O3/c1-22-16-15(6-2-7-18-16)17(21)20-9-4-8-19(10-11-20)13-14-5-3-12-23-14/h2,6-7,14H,3-5,8-13H2,1H3/t14-/m0/s1. The van der Waals surface area contributed by atoms with Crippen molar-refractivity contribution in [2.45, 2.75) is 25.4 Å². The molecule has 1 amide bonds. The normalized spacial score (nSPS) is 22.8. The lowest BCUT2D eigenvalue weighted by atomic mass is 10.2. The summed E-state index contributed by atoms with van der Waals surface area (Å²) in [5.74, 6) is 0.409. The number of nitrogens with zero attached hydrogens (tertiary/aromatic N) is 3. The second kappa shape index (κ2) is 7.75. The Hall–Kier alpha value is -1.66. The zero-order valence-corrected chi connectivity index (χ0v) is 13.7. The topological polar surface area (TPSA) is 54.9 Å². The van der Waals surface area contributed by atoms with E-state index in [2.05, 4.69) is 9.88 Å². The number of pyridine rings is 1. The van der Waals surface area contributed by atoms with Crippen LogP contribution in [0.25, 0.3) is 0 Å². The summed E-state index contributed by atoms with van der Waals surface area (Å²) in [6.07, 6.45) is 5.33. The van der Waals surface area contributed by atoms with Crippen LogP contribution in [0.3, 0.4) is 0 Å². The maximum Gasteiger partial charge on any atom is 0.259 e. The van der Waals surface area contributed by atoms with E-state index in [1.807, 2.05) is 4.90 Å². The summed E-state index contributed by atoms with van der Waals surface area (Å²) in [4.78, 5) is 21.2. The van der Waals surface area contributed by atoms with Gasteiger partial charge >= 0.3 is 0 Å². The zero-order chi connectivity index (χ0) is 16.1. The van der Waals surface area contributed by atoms with E-state index in [1.54, 1.807) is 25.4 Å². The Balaban J connectivity index is 1.59. The molecule has 2 saturated heterocycles. The highest BCUT2D eigenvalue weighted by Gasteiger charge is 2.25. The van der Waals surface area contributed by atoms with E-state index in [9.17, 15) is 4.79 Å². The fourth-order valence-corrected chi connectivity index (χ4v) is 3.32. The minimum absolute atomic E-state index is 0.00826. The summed E-state index contributed by atoms with van der Waals surface area (Å²) >= 11 is 0. The van der Waals surface area contributed by atoms with Crippen molar-refractivity contribution in [2.24, 2.45) is 0 Å². The second-order valence-electron chi connectivity index (χ2n) is 6.14. The van der Waals surface area contributed by atoms with Crippen molar-refractivity contribution in [3.8, 4) is 5.88 Å². The van der Waals surface area contributed by atoms with Gasteiger partial charge in [-0.05, 0) is 37.9 Å². The van der Waals surface area contributed by atoms with E-state index in [0.717, 1.165) is 52.2 Å². The highest BCUT2D eigenvalue weighted by molar-refractivity contribution is 5.96. The maximum atomic E-state index is 12.7. The highest BCUT2D eigenvalue weighted by Crippen LogP contribution is 2.18. The Morgan fingerprint density at radius 1 is 1.35 bits per heavy atom. The molecular formula is C17H25N3O3. The average Bonchev–Trinajstić information content (AvgIpc) is 2.98. The van der Waals surface area contributed by atoms with E-state index in [4.69, 9.17) is 9.47 Å². The van der Waals surface area contributed by atoms with Gasteiger partial charge in [0.1, 0.15) is 5.56 Å². The molecule has 6 nitrogen and oxygen atoms in total. The monoisotopic (exact) mass is 319 g/mol. The van der Waals surface area contributed by atoms with Crippen LogP contribution in [0, 0.1) is 0 Å². The minimum atomic E-state index is 0.00826. The molecule has 23 heavy (non-hydrogen) atoms. The van der Waals surface area contributed by atoms with E-state index in [1.165, 1.54) is 6.42 Å². The maximum absolute atomic E-state index is 12.7. The zero-order valence-electron chi connectivity index (χ0n) is 13.7. The Bertz CT molecular complexity index is 532. The first-order valence-corrected chi connectivity index (χ1v) is 8.40. The van der Waals surface area contributed by atoms with Crippen LogP contribution >= 0.6 is 0 Å². The molecule has 0 unspecified atom stereocenters. The van der Waals surface area contributed by atoms with Gasteiger partial charge in [-0.2, -0.15) is 0 Å². The molecule has 1 aromatic heterocycles. The fourth-order valence-electron chi connectivity index (χ4n) is 3.32. The van der Waals surface area contributed by atoms with Gasteiger partial charge in [-0.1, -0.05) is 0 Å². The van der Waals surface area contributed by atoms with Gasteiger partial charge < -0.3 is 14.4 Å². The molecule has 0 radical (unpaired) electrons. The third-order valence-electron chi connectivity index (χ3n) is 4.56. The van der Waals surface area contributed by atoms with Crippen molar-refractivity contribution in [3.63, 3.8) is 0 Å². The third kappa shape index (κ3) is 4.00. The number of methoxy groups -OCH3 is 1. The smallest absolute Gasteiger partial charge is 0.259 e. The van der Waals surface area contributed by atoms with Crippen molar-refractivity contribution in [2.75, 3.05) is 46.4 Å². The first kappa shape index (κ1) is 16.2. The number of hydrogen-bond donors (Lipinski definition) is 0. The van der Waals surface area contributed by atoms with Gasteiger partial charge in [0.2, 0.25) is 5.88 Å².